The van der Waals surface area contributed by atoms with E-state index in [9.17, 15) is 24.0 Å². The number of carbonyl (C=O) groups is 4. The van der Waals surface area contributed by atoms with E-state index < -0.39 is 5.92 Å². The molecule has 3 fully saturated rings. The van der Waals surface area contributed by atoms with Crippen LogP contribution in [0.3, 0.4) is 0 Å². The summed E-state index contributed by atoms with van der Waals surface area (Å²) in [6.07, 6.45) is 3.61. The van der Waals surface area contributed by atoms with Crippen molar-refractivity contribution in [3.8, 4) is 5.75 Å². The number of halogens is 1. The Balaban J connectivity index is 0.884. The molecule has 0 aliphatic carbocycles. The normalized spacial score (nSPS) is 17.8. The van der Waals surface area contributed by atoms with Gasteiger partial charge < -0.3 is 34.6 Å². The van der Waals surface area contributed by atoms with Gasteiger partial charge in [0.05, 0.1) is 34.5 Å². The number of nitrogens with one attached hydrogen (secondary N) is 3. The van der Waals surface area contributed by atoms with Crippen molar-refractivity contribution < 1.29 is 23.9 Å². The van der Waals surface area contributed by atoms with Crippen LogP contribution >= 0.6 is 11.6 Å². The van der Waals surface area contributed by atoms with Crippen molar-refractivity contribution in [1.29, 1.82) is 0 Å². The summed E-state index contributed by atoms with van der Waals surface area (Å²) >= 11 is 6.55. The number of anilines is 4. The molecule has 6 heterocycles. The highest BCUT2D eigenvalue weighted by Crippen LogP contribution is 2.36. The van der Waals surface area contributed by atoms with Gasteiger partial charge in [0.2, 0.25) is 23.7 Å². The van der Waals surface area contributed by atoms with Gasteiger partial charge in [0.1, 0.15) is 5.02 Å². The Morgan fingerprint density at radius 2 is 1.74 bits per heavy atom. The number of amides is 4. The third-order valence-electron chi connectivity index (χ3n) is 11.3. The second kappa shape index (κ2) is 16.0. The number of fused-ring (bicyclic) bond motifs is 2. The van der Waals surface area contributed by atoms with Gasteiger partial charge in [-0.2, -0.15) is 10.1 Å². The van der Waals surface area contributed by atoms with Gasteiger partial charge >= 0.3 is 0 Å². The SMILES string of the molecule is CNC(=O)COc1cc2cc(Nc3nc(N4CCC(C(=O)N5CCN(c6cccc7c(C8CCC(=O)NC8=O)nn(C)c67)CC5)CC4)ncc3Cl)ccc2n(C)c1=O. The molecule has 4 amide bonds. The largest absolute Gasteiger partial charge is 0.478 e. The van der Waals surface area contributed by atoms with Gasteiger partial charge in [-0.1, -0.05) is 23.7 Å². The van der Waals surface area contributed by atoms with Gasteiger partial charge in [-0.05, 0) is 49.6 Å². The van der Waals surface area contributed by atoms with E-state index >= 15 is 0 Å². The summed E-state index contributed by atoms with van der Waals surface area (Å²) in [6, 6.07) is 13.1. The fraction of sp³-hybridized carbons (Fsp3) is 0.400. The number of hydrogen-bond acceptors (Lipinski definition) is 12. The number of aromatic nitrogens is 5. The molecule has 302 valence electrons. The molecule has 18 heteroatoms. The average Bonchev–Trinajstić information content (AvgIpc) is 3.57. The first-order chi connectivity index (χ1) is 28.0. The van der Waals surface area contributed by atoms with Crippen molar-refractivity contribution in [2.24, 2.45) is 20.0 Å². The standard InChI is InChI=1S/C40H44ClN11O6/c1-42-33(54)22-58-31-20-24-19-25(7-9-29(24)48(2)39(31)57)44-36-28(41)21-43-40(46-36)52-13-11-23(12-14-52)38(56)51-17-15-50(16-18-51)30-6-4-5-26-34(47-49(3)35(26)30)27-8-10-32(53)45-37(27)55/h4-7,9,19-21,23,27H,8,10-18,22H2,1-3H3,(H,42,54)(H,43,44,46)(H,45,53,55). The quantitative estimate of drug-likeness (QED) is 0.185. The summed E-state index contributed by atoms with van der Waals surface area (Å²) in [5.74, 6) is -0.350. The minimum absolute atomic E-state index is 0.0596. The van der Waals surface area contributed by atoms with E-state index in [-0.39, 0.29) is 47.5 Å². The molecule has 0 bridgehead atoms. The van der Waals surface area contributed by atoms with E-state index in [0.29, 0.717) is 104 Å². The number of likely N-dealkylation sites (N-methyl/N-ethyl adjacent to an activating group) is 1. The van der Waals surface area contributed by atoms with Gasteiger partial charge in [-0.15, -0.1) is 0 Å². The highest BCUT2D eigenvalue weighted by atomic mass is 35.5. The molecular weight excluding hydrogens is 766 g/mol. The van der Waals surface area contributed by atoms with E-state index in [4.69, 9.17) is 26.4 Å². The van der Waals surface area contributed by atoms with Gasteiger partial charge in [0, 0.05) is 89.2 Å². The Bertz CT molecular complexity index is 2500. The zero-order chi connectivity index (χ0) is 40.7. The van der Waals surface area contributed by atoms with Crippen LogP contribution in [0.25, 0.3) is 21.8 Å². The molecule has 0 saturated carbocycles. The first kappa shape index (κ1) is 38.6. The molecule has 3 aliphatic rings. The summed E-state index contributed by atoms with van der Waals surface area (Å²) in [7, 11) is 5.02. The van der Waals surface area contributed by atoms with Crippen LogP contribution in [-0.2, 0) is 33.3 Å². The number of imide groups is 1. The van der Waals surface area contributed by atoms with Gasteiger partial charge in [0.25, 0.3) is 11.5 Å². The number of pyridine rings is 1. The number of para-hydroxylation sites is 1. The van der Waals surface area contributed by atoms with Crippen LogP contribution in [0, 0.1) is 5.92 Å². The van der Waals surface area contributed by atoms with Crippen LogP contribution in [0.1, 0.15) is 37.3 Å². The lowest BCUT2D eigenvalue weighted by Gasteiger charge is -2.39. The van der Waals surface area contributed by atoms with E-state index in [0.717, 1.165) is 16.6 Å². The Morgan fingerprint density at radius 1 is 0.966 bits per heavy atom. The zero-order valence-electron chi connectivity index (χ0n) is 32.5. The lowest BCUT2D eigenvalue weighted by atomic mass is 9.92. The molecule has 1 atom stereocenters. The molecule has 3 saturated heterocycles. The first-order valence-corrected chi connectivity index (χ1v) is 19.7. The van der Waals surface area contributed by atoms with Crippen molar-refractivity contribution in [3.63, 3.8) is 0 Å². The lowest BCUT2D eigenvalue weighted by molar-refractivity contribution is -0.137. The molecule has 3 aliphatic heterocycles. The molecule has 3 N–H and O–H groups in total. The van der Waals surface area contributed by atoms with Crippen molar-refractivity contribution >= 4 is 80.2 Å². The molecule has 0 spiro atoms. The summed E-state index contributed by atoms with van der Waals surface area (Å²) in [4.78, 5) is 78.3. The summed E-state index contributed by atoms with van der Waals surface area (Å²) in [5, 5.41) is 14.9. The summed E-state index contributed by atoms with van der Waals surface area (Å²) in [6.45, 7) is 3.46. The highest BCUT2D eigenvalue weighted by molar-refractivity contribution is 6.33. The van der Waals surface area contributed by atoms with Crippen molar-refractivity contribution in [2.45, 2.75) is 31.6 Å². The van der Waals surface area contributed by atoms with Gasteiger partial charge in [-0.25, -0.2) is 4.98 Å². The zero-order valence-corrected chi connectivity index (χ0v) is 33.2. The Morgan fingerprint density at radius 3 is 2.48 bits per heavy atom. The number of nitrogens with zero attached hydrogens (tertiary/aromatic N) is 8. The Labute approximate surface area is 338 Å². The Hall–Kier alpha value is -6.23. The number of piperidine rings is 2. The number of benzene rings is 2. The number of aryl methyl sites for hydroxylation is 2. The van der Waals surface area contributed by atoms with Crippen LogP contribution in [0.2, 0.25) is 5.02 Å². The minimum Gasteiger partial charge on any atom is -0.478 e. The highest BCUT2D eigenvalue weighted by Gasteiger charge is 2.34. The minimum atomic E-state index is -0.475. The molecular formula is C40H44ClN11O6. The topological polar surface area (TPSA) is 189 Å². The van der Waals surface area contributed by atoms with Crippen LogP contribution in [0.4, 0.5) is 23.1 Å². The average molecular weight is 810 g/mol. The van der Waals surface area contributed by atoms with E-state index in [1.54, 1.807) is 19.3 Å². The number of carbonyl (C=O) groups excluding carboxylic acids is 4. The second-order valence-corrected chi connectivity index (χ2v) is 15.3. The maximum atomic E-state index is 13.8. The van der Waals surface area contributed by atoms with Crippen molar-refractivity contribution in [1.82, 2.24) is 39.8 Å². The molecule has 3 aromatic heterocycles. The molecule has 8 rings (SSSR count). The smallest absolute Gasteiger partial charge is 0.293 e. The van der Waals surface area contributed by atoms with Crippen molar-refractivity contribution in [2.75, 3.05) is 68.0 Å². The summed E-state index contributed by atoms with van der Waals surface area (Å²) < 4.78 is 8.78. The van der Waals surface area contributed by atoms with E-state index in [1.165, 1.54) is 11.6 Å². The maximum Gasteiger partial charge on any atom is 0.293 e. The lowest BCUT2D eigenvalue weighted by Crippen LogP contribution is -2.51. The second-order valence-electron chi connectivity index (χ2n) is 14.9. The predicted molar refractivity (Wildman–Crippen MR) is 219 cm³/mol. The molecule has 1 unspecified atom stereocenters. The first-order valence-electron chi connectivity index (χ1n) is 19.3. The van der Waals surface area contributed by atoms with Crippen LogP contribution < -0.4 is 36.0 Å². The molecule has 17 nitrogen and oxygen atoms in total. The number of ether oxygens (including phenoxy) is 1. The number of piperazine rings is 1. The Kier molecular flexibility index (Phi) is 10.6. The monoisotopic (exact) mass is 809 g/mol. The van der Waals surface area contributed by atoms with Crippen LogP contribution in [0.15, 0.2) is 53.5 Å². The molecule has 5 aromatic rings. The molecule has 2 aromatic carbocycles. The number of hydrogen-bond donors (Lipinski definition) is 3. The van der Waals surface area contributed by atoms with E-state index in [2.05, 4.69) is 36.8 Å². The van der Waals surface area contributed by atoms with Crippen LogP contribution in [0.5, 0.6) is 5.75 Å². The summed E-state index contributed by atoms with van der Waals surface area (Å²) in [5.41, 5.74) is 3.63. The van der Waals surface area contributed by atoms with Gasteiger partial charge in [-0.3, -0.25) is 34.0 Å². The van der Waals surface area contributed by atoms with Crippen molar-refractivity contribution in [3.05, 3.63) is 69.7 Å². The van der Waals surface area contributed by atoms with E-state index in [1.807, 2.05) is 47.0 Å². The van der Waals surface area contributed by atoms with Gasteiger partial charge in [0.15, 0.2) is 18.2 Å². The fourth-order valence-corrected chi connectivity index (χ4v) is 8.29. The maximum absolute atomic E-state index is 13.8. The molecule has 0 radical (unpaired) electrons. The third-order valence-corrected chi connectivity index (χ3v) is 11.6. The third kappa shape index (κ3) is 7.48. The fourth-order valence-electron chi connectivity index (χ4n) is 8.15. The van der Waals surface area contributed by atoms with Crippen LogP contribution in [-0.4, -0.2) is 106 Å². The number of rotatable bonds is 9. The molecule has 58 heavy (non-hydrogen) atoms. The predicted octanol–water partition coefficient (Wildman–Crippen LogP) is 2.82.